The molecule has 1 amide bonds. The number of hydrogen-bond donors (Lipinski definition) is 0. The van der Waals surface area contributed by atoms with Gasteiger partial charge in [0.15, 0.2) is 0 Å². The van der Waals surface area contributed by atoms with Crippen molar-refractivity contribution < 1.29 is 4.79 Å². The molecule has 1 atom stereocenters. The SMILES string of the molecule is CC(C(=O)N(C)c1ccccn1)c1ccccc1. The predicted octanol–water partition coefficient (Wildman–Crippen LogP) is 2.85. The molecule has 1 aromatic heterocycles. The van der Waals surface area contributed by atoms with Crippen LogP contribution in [-0.2, 0) is 4.79 Å². The maximum absolute atomic E-state index is 12.3. The van der Waals surface area contributed by atoms with Gasteiger partial charge < -0.3 is 0 Å². The molecular weight excluding hydrogens is 224 g/mol. The first-order valence-electron chi connectivity index (χ1n) is 5.93. The highest BCUT2D eigenvalue weighted by Gasteiger charge is 2.20. The Bertz CT molecular complexity index is 463. The van der Waals surface area contributed by atoms with Gasteiger partial charge in [-0.05, 0) is 24.6 Å². The molecule has 92 valence electrons. The molecule has 0 saturated carbocycles. The molecule has 0 fully saturated rings. The highest BCUT2D eigenvalue weighted by molar-refractivity contribution is 5.96. The van der Waals surface area contributed by atoms with Crippen LogP contribution in [0.5, 0.6) is 0 Å². The Labute approximate surface area is 107 Å². The normalized spacial score (nSPS) is 11.9. The molecule has 0 saturated heterocycles. The van der Waals surface area contributed by atoms with E-state index in [2.05, 4.69) is 4.98 Å². The van der Waals surface area contributed by atoms with Crippen LogP contribution in [0, 0.1) is 0 Å². The van der Waals surface area contributed by atoms with Gasteiger partial charge in [0.05, 0.1) is 5.92 Å². The lowest BCUT2D eigenvalue weighted by Crippen LogP contribution is -2.31. The Morgan fingerprint density at radius 1 is 1.11 bits per heavy atom. The summed E-state index contributed by atoms with van der Waals surface area (Å²) in [6.07, 6.45) is 1.69. The fourth-order valence-corrected chi connectivity index (χ4v) is 1.84. The molecule has 1 unspecified atom stereocenters. The van der Waals surface area contributed by atoms with E-state index in [1.165, 1.54) is 0 Å². The second-order valence-electron chi connectivity index (χ2n) is 4.22. The molecule has 3 heteroatoms. The van der Waals surface area contributed by atoms with Crippen molar-refractivity contribution in [1.29, 1.82) is 0 Å². The first-order chi connectivity index (χ1) is 8.70. The summed E-state index contributed by atoms with van der Waals surface area (Å²) in [5.41, 5.74) is 1.02. The number of carbonyl (C=O) groups excluding carboxylic acids is 1. The number of likely N-dealkylation sites (N-methyl/N-ethyl adjacent to an activating group) is 1. The summed E-state index contributed by atoms with van der Waals surface area (Å²) in [6.45, 7) is 1.91. The molecule has 0 spiro atoms. The summed E-state index contributed by atoms with van der Waals surface area (Å²) in [7, 11) is 1.75. The van der Waals surface area contributed by atoms with Crippen molar-refractivity contribution in [2.24, 2.45) is 0 Å². The van der Waals surface area contributed by atoms with E-state index >= 15 is 0 Å². The minimum atomic E-state index is -0.168. The number of aromatic nitrogens is 1. The lowest BCUT2D eigenvalue weighted by atomic mass is 10.00. The zero-order valence-electron chi connectivity index (χ0n) is 10.6. The zero-order chi connectivity index (χ0) is 13.0. The molecule has 1 heterocycles. The summed E-state index contributed by atoms with van der Waals surface area (Å²) < 4.78 is 0. The standard InChI is InChI=1S/C15H16N2O/c1-12(13-8-4-3-5-9-13)15(18)17(2)14-10-6-7-11-16-14/h3-12H,1-2H3. The maximum Gasteiger partial charge on any atom is 0.235 e. The van der Waals surface area contributed by atoms with E-state index in [0.717, 1.165) is 5.56 Å². The first-order valence-corrected chi connectivity index (χ1v) is 5.93. The molecule has 0 aliphatic heterocycles. The van der Waals surface area contributed by atoms with Crippen molar-refractivity contribution in [2.75, 3.05) is 11.9 Å². The minimum Gasteiger partial charge on any atom is -0.299 e. The van der Waals surface area contributed by atoms with E-state index in [0.29, 0.717) is 5.82 Å². The molecule has 2 aromatic rings. The fraction of sp³-hybridized carbons (Fsp3) is 0.200. The molecule has 18 heavy (non-hydrogen) atoms. The van der Waals surface area contributed by atoms with Crippen molar-refractivity contribution in [3.63, 3.8) is 0 Å². The van der Waals surface area contributed by atoms with Crippen LogP contribution >= 0.6 is 0 Å². The fourth-order valence-electron chi connectivity index (χ4n) is 1.84. The second-order valence-corrected chi connectivity index (χ2v) is 4.22. The zero-order valence-corrected chi connectivity index (χ0v) is 10.6. The van der Waals surface area contributed by atoms with Crippen LogP contribution in [0.2, 0.25) is 0 Å². The monoisotopic (exact) mass is 240 g/mol. The third kappa shape index (κ3) is 2.56. The van der Waals surface area contributed by atoms with Gasteiger partial charge in [-0.25, -0.2) is 4.98 Å². The van der Waals surface area contributed by atoms with Gasteiger partial charge >= 0.3 is 0 Å². The topological polar surface area (TPSA) is 33.2 Å². The number of hydrogen-bond acceptors (Lipinski definition) is 2. The van der Waals surface area contributed by atoms with E-state index in [1.807, 2.05) is 55.5 Å². The largest absolute Gasteiger partial charge is 0.299 e. The van der Waals surface area contributed by atoms with Crippen LogP contribution < -0.4 is 4.90 Å². The summed E-state index contributed by atoms with van der Waals surface area (Å²) in [5.74, 6) is 0.545. The number of pyridine rings is 1. The Morgan fingerprint density at radius 3 is 2.39 bits per heavy atom. The van der Waals surface area contributed by atoms with E-state index in [4.69, 9.17) is 0 Å². The molecule has 0 N–H and O–H groups in total. The smallest absolute Gasteiger partial charge is 0.235 e. The Morgan fingerprint density at radius 2 is 1.78 bits per heavy atom. The van der Waals surface area contributed by atoms with E-state index in [-0.39, 0.29) is 11.8 Å². The number of carbonyl (C=O) groups is 1. The summed E-state index contributed by atoms with van der Waals surface area (Å²) >= 11 is 0. The second kappa shape index (κ2) is 5.45. The predicted molar refractivity (Wildman–Crippen MR) is 72.5 cm³/mol. The number of nitrogens with zero attached hydrogens (tertiary/aromatic N) is 2. The van der Waals surface area contributed by atoms with Crippen LogP contribution in [0.3, 0.4) is 0 Å². The van der Waals surface area contributed by atoms with Gasteiger partial charge in [0.1, 0.15) is 5.82 Å². The van der Waals surface area contributed by atoms with Gasteiger partial charge in [-0.2, -0.15) is 0 Å². The highest BCUT2D eigenvalue weighted by atomic mass is 16.2. The van der Waals surface area contributed by atoms with Gasteiger partial charge in [-0.15, -0.1) is 0 Å². The Kier molecular flexibility index (Phi) is 3.72. The maximum atomic E-state index is 12.3. The first kappa shape index (κ1) is 12.3. The van der Waals surface area contributed by atoms with Gasteiger partial charge in [-0.1, -0.05) is 36.4 Å². The molecule has 0 aliphatic rings. The van der Waals surface area contributed by atoms with E-state index in [9.17, 15) is 4.79 Å². The van der Waals surface area contributed by atoms with Gasteiger partial charge in [-0.3, -0.25) is 9.69 Å². The minimum absolute atomic E-state index is 0.0416. The number of rotatable bonds is 3. The third-order valence-corrected chi connectivity index (χ3v) is 2.99. The van der Waals surface area contributed by atoms with Crippen LogP contribution in [0.25, 0.3) is 0 Å². The average molecular weight is 240 g/mol. The number of benzene rings is 1. The lowest BCUT2D eigenvalue weighted by molar-refractivity contribution is -0.119. The molecule has 0 aliphatic carbocycles. The van der Waals surface area contributed by atoms with E-state index in [1.54, 1.807) is 18.1 Å². The van der Waals surface area contributed by atoms with Crippen LogP contribution in [0.4, 0.5) is 5.82 Å². The summed E-state index contributed by atoms with van der Waals surface area (Å²) in [5, 5.41) is 0. The van der Waals surface area contributed by atoms with Gasteiger partial charge in [0.25, 0.3) is 0 Å². The molecular formula is C15H16N2O. The van der Waals surface area contributed by atoms with Crippen LogP contribution in [0.15, 0.2) is 54.7 Å². The quantitative estimate of drug-likeness (QED) is 0.826. The van der Waals surface area contributed by atoms with Crippen LogP contribution in [-0.4, -0.2) is 17.9 Å². The van der Waals surface area contributed by atoms with Gasteiger partial charge in [0.2, 0.25) is 5.91 Å². The Balaban J connectivity index is 2.17. The van der Waals surface area contributed by atoms with Crippen LogP contribution in [0.1, 0.15) is 18.4 Å². The summed E-state index contributed by atoms with van der Waals surface area (Å²) in [6, 6.07) is 15.3. The van der Waals surface area contributed by atoms with Gasteiger partial charge in [0, 0.05) is 13.2 Å². The summed E-state index contributed by atoms with van der Waals surface area (Å²) in [4.78, 5) is 18.1. The molecule has 3 nitrogen and oxygen atoms in total. The van der Waals surface area contributed by atoms with Crippen molar-refractivity contribution in [3.05, 3.63) is 60.3 Å². The molecule has 2 rings (SSSR count). The third-order valence-electron chi connectivity index (χ3n) is 2.99. The number of anilines is 1. The van der Waals surface area contributed by atoms with Crippen molar-refractivity contribution in [3.8, 4) is 0 Å². The lowest BCUT2D eigenvalue weighted by Gasteiger charge is -2.20. The number of amides is 1. The Hall–Kier alpha value is -2.16. The molecule has 0 bridgehead atoms. The highest BCUT2D eigenvalue weighted by Crippen LogP contribution is 2.19. The molecule has 0 radical (unpaired) electrons. The average Bonchev–Trinajstić information content (AvgIpc) is 2.47. The van der Waals surface area contributed by atoms with E-state index < -0.39 is 0 Å². The van der Waals surface area contributed by atoms with Crippen molar-refractivity contribution in [1.82, 2.24) is 4.98 Å². The molecule has 1 aromatic carbocycles. The van der Waals surface area contributed by atoms with Crippen molar-refractivity contribution in [2.45, 2.75) is 12.8 Å². The van der Waals surface area contributed by atoms with Crippen molar-refractivity contribution >= 4 is 11.7 Å².